The van der Waals surface area contributed by atoms with E-state index in [-0.39, 0.29) is 36.1 Å². The predicted octanol–water partition coefficient (Wildman–Crippen LogP) is 1.76. The van der Waals surface area contributed by atoms with Crippen molar-refractivity contribution in [1.29, 1.82) is 0 Å². The molecule has 2 atom stereocenters. The Balaban J connectivity index is 1.43. The number of rotatable bonds is 5. The Bertz CT molecular complexity index is 808. The summed E-state index contributed by atoms with van der Waals surface area (Å²) in [5.41, 5.74) is 0.913. The van der Waals surface area contributed by atoms with E-state index in [9.17, 15) is 14.4 Å². The van der Waals surface area contributed by atoms with Crippen molar-refractivity contribution >= 4 is 17.7 Å². The van der Waals surface area contributed by atoms with Gasteiger partial charge in [-0.1, -0.05) is 18.2 Å². The van der Waals surface area contributed by atoms with Crippen LogP contribution in [0.1, 0.15) is 25.3 Å². The quantitative estimate of drug-likeness (QED) is 0.571. The molecule has 0 radical (unpaired) electrons. The van der Waals surface area contributed by atoms with E-state index in [1.165, 1.54) is 0 Å². The van der Waals surface area contributed by atoms with Gasteiger partial charge in [0.1, 0.15) is 19.8 Å². The number of fused-ring (bicyclic) bond motifs is 2. The summed E-state index contributed by atoms with van der Waals surface area (Å²) in [6.45, 7) is 3.59. The molecule has 4 rings (SSSR count). The molecule has 1 aromatic rings. The lowest BCUT2D eigenvalue weighted by Crippen LogP contribution is -2.43. The van der Waals surface area contributed by atoms with Crippen LogP contribution in [0, 0.1) is 11.8 Å². The number of allylic oxidation sites excluding steroid dienone is 2. The first-order valence-electron chi connectivity index (χ1n) is 9.75. The van der Waals surface area contributed by atoms with Crippen LogP contribution in [0.15, 0.2) is 30.4 Å². The van der Waals surface area contributed by atoms with E-state index < -0.39 is 0 Å². The average molecular weight is 384 g/mol. The fourth-order valence-electron chi connectivity index (χ4n) is 4.04. The van der Waals surface area contributed by atoms with E-state index in [2.05, 4.69) is 0 Å². The van der Waals surface area contributed by atoms with Crippen molar-refractivity contribution in [2.75, 3.05) is 26.3 Å². The van der Waals surface area contributed by atoms with Gasteiger partial charge >= 0.3 is 0 Å². The summed E-state index contributed by atoms with van der Waals surface area (Å²) in [5.74, 6) is 0.0933. The Labute approximate surface area is 163 Å². The van der Waals surface area contributed by atoms with Crippen LogP contribution in [0.3, 0.4) is 0 Å². The van der Waals surface area contributed by atoms with Crippen LogP contribution < -0.4 is 9.47 Å². The molecule has 2 heterocycles. The Hall–Kier alpha value is -2.83. The van der Waals surface area contributed by atoms with Crippen LogP contribution in [-0.4, -0.2) is 53.8 Å². The lowest BCUT2D eigenvalue weighted by atomic mass is 9.85. The largest absolute Gasteiger partial charge is 0.486 e. The topological polar surface area (TPSA) is 76.2 Å². The second kappa shape index (κ2) is 7.66. The third-order valence-electron chi connectivity index (χ3n) is 5.61. The SMILES string of the molecule is CCN(Cc1ccc2c(c1)OCCO2)C(=O)CN1C(=O)[C@H]2CC=CC[C@@H]2C1=O. The Morgan fingerprint density at radius 2 is 1.71 bits per heavy atom. The summed E-state index contributed by atoms with van der Waals surface area (Å²) < 4.78 is 11.1. The number of hydrogen-bond acceptors (Lipinski definition) is 5. The number of hydrogen-bond donors (Lipinski definition) is 0. The molecule has 0 aromatic heterocycles. The molecule has 7 nitrogen and oxygen atoms in total. The Morgan fingerprint density at radius 3 is 2.36 bits per heavy atom. The van der Waals surface area contributed by atoms with Crippen molar-refractivity contribution in [2.45, 2.75) is 26.3 Å². The number of imide groups is 1. The second-order valence-corrected chi connectivity index (χ2v) is 7.30. The fraction of sp³-hybridized carbons (Fsp3) is 0.476. The van der Waals surface area contributed by atoms with Crippen LogP contribution in [0.4, 0.5) is 0 Å². The number of amides is 3. The minimum absolute atomic E-state index is 0.191. The summed E-state index contributed by atoms with van der Waals surface area (Å²) in [6, 6.07) is 5.61. The number of likely N-dealkylation sites (N-methyl/N-ethyl adjacent to an activating group) is 1. The van der Waals surface area contributed by atoms with Crippen molar-refractivity contribution in [3.05, 3.63) is 35.9 Å². The maximum absolute atomic E-state index is 12.8. The molecule has 1 aliphatic carbocycles. The number of nitrogens with zero attached hydrogens (tertiary/aromatic N) is 2. The highest BCUT2D eigenvalue weighted by Gasteiger charge is 2.47. The summed E-state index contributed by atoms with van der Waals surface area (Å²) >= 11 is 0. The van der Waals surface area contributed by atoms with Gasteiger partial charge in [-0.25, -0.2) is 0 Å². The van der Waals surface area contributed by atoms with Gasteiger partial charge in [0.05, 0.1) is 11.8 Å². The minimum atomic E-state index is -0.307. The van der Waals surface area contributed by atoms with Crippen LogP contribution in [0.2, 0.25) is 0 Å². The molecule has 0 bridgehead atoms. The van der Waals surface area contributed by atoms with Crippen LogP contribution in [-0.2, 0) is 20.9 Å². The highest BCUT2D eigenvalue weighted by molar-refractivity contribution is 6.07. The molecule has 0 N–H and O–H groups in total. The molecular formula is C21H24N2O5. The molecule has 3 aliphatic rings. The molecule has 0 saturated carbocycles. The molecule has 2 aliphatic heterocycles. The first-order valence-corrected chi connectivity index (χ1v) is 9.75. The third kappa shape index (κ3) is 3.37. The number of likely N-dealkylation sites (tertiary alicyclic amines) is 1. The monoisotopic (exact) mass is 384 g/mol. The molecule has 7 heteroatoms. The summed E-state index contributed by atoms with van der Waals surface area (Å²) in [6.07, 6.45) is 5.04. The van der Waals surface area contributed by atoms with Crippen LogP contribution in [0.25, 0.3) is 0 Å². The standard InChI is InChI=1S/C21H24N2O5/c1-2-22(12-14-7-8-17-18(11-14)28-10-9-27-17)19(24)13-23-20(25)15-5-3-4-6-16(15)21(23)26/h3-4,7-8,11,15-16H,2,5-6,9-10,12-13H2,1H3/t15-,16-/m0/s1. The van der Waals surface area contributed by atoms with Gasteiger partial charge in [-0.05, 0) is 37.5 Å². The zero-order chi connectivity index (χ0) is 19.7. The second-order valence-electron chi connectivity index (χ2n) is 7.30. The third-order valence-corrected chi connectivity index (χ3v) is 5.61. The summed E-state index contributed by atoms with van der Waals surface area (Å²) in [5, 5.41) is 0. The van der Waals surface area contributed by atoms with Gasteiger partial charge in [0.15, 0.2) is 11.5 Å². The van der Waals surface area contributed by atoms with Gasteiger partial charge < -0.3 is 14.4 Å². The van der Waals surface area contributed by atoms with Gasteiger partial charge in [0, 0.05) is 13.1 Å². The van der Waals surface area contributed by atoms with Gasteiger partial charge in [-0.2, -0.15) is 0 Å². The summed E-state index contributed by atoms with van der Waals surface area (Å²) in [7, 11) is 0. The maximum Gasteiger partial charge on any atom is 0.243 e. The Kier molecular flexibility index (Phi) is 5.07. The smallest absolute Gasteiger partial charge is 0.243 e. The molecular weight excluding hydrogens is 360 g/mol. The zero-order valence-corrected chi connectivity index (χ0v) is 15.9. The van der Waals surface area contributed by atoms with Crippen LogP contribution in [0.5, 0.6) is 11.5 Å². The highest BCUT2D eigenvalue weighted by atomic mass is 16.6. The van der Waals surface area contributed by atoms with Crippen molar-refractivity contribution in [3.63, 3.8) is 0 Å². The predicted molar refractivity (Wildman–Crippen MR) is 101 cm³/mol. The van der Waals surface area contributed by atoms with Crippen molar-refractivity contribution < 1.29 is 23.9 Å². The molecule has 0 spiro atoms. The van der Waals surface area contributed by atoms with Gasteiger partial charge in [-0.15, -0.1) is 0 Å². The number of benzene rings is 1. The molecule has 1 aromatic carbocycles. The number of carbonyl (C=O) groups is 3. The molecule has 1 fully saturated rings. The van der Waals surface area contributed by atoms with E-state index in [1.807, 2.05) is 37.3 Å². The van der Waals surface area contributed by atoms with E-state index in [4.69, 9.17) is 9.47 Å². The van der Waals surface area contributed by atoms with E-state index in [0.717, 1.165) is 10.5 Å². The van der Waals surface area contributed by atoms with Crippen molar-refractivity contribution in [3.8, 4) is 11.5 Å². The molecule has 3 amide bonds. The number of carbonyl (C=O) groups excluding carboxylic acids is 3. The van der Waals surface area contributed by atoms with Crippen molar-refractivity contribution in [1.82, 2.24) is 9.80 Å². The lowest BCUT2D eigenvalue weighted by molar-refractivity contribution is -0.146. The van der Waals surface area contributed by atoms with Gasteiger partial charge in [-0.3, -0.25) is 19.3 Å². The van der Waals surface area contributed by atoms with Gasteiger partial charge in [0.2, 0.25) is 17.7 Å². The summed E-state index contributed by atoms with van der Waals surface area (Å²) in [4.78, 5) is 40.8. The van der Waals surface area contributed by atoms with Crippen molar-refractivity contribution in [2.24, 2.45) is 11.8 Å². The number of ether oxygens (including phenoxy) is 2. The molecule has 148 valence electrons. The van der Waals surface area contributed by atoms with Gasteiger partial charge in [0.25, 0.3) is 0 Å². The molecule has 1 saturated heterocycles. The Morgan fingerprint density at radius 1 is 1.07 bits per heavy atom. The van der Waals surface area contributed by atoms with E-state index in [1.54, 1.807) is 4.90 Å². The van der Waals surface area contributed by atoms with E-state index >= 15 is 0 Å². The first-order chi connectivity index (χ1) is 13.6. The highest BCUT2D eigenvalue weighted by Crippen LogP contribution is 2.35. The van der Waals surface area contributed by atoms with E-state index in [0.29, 0.717) is 50.6 Å². The normalized spacial score (nSPS) is 23.0. The first kappa shape index (κ1) is 18.5. The zero-order valence-electron chi connectivity index (χ0n) is 15.9. The maximum atomic E-state index is 12.8. The minimum Gasteiger partial charge on any atom is -0.486 e. The molecule has 28 heavy (non-hydrogen) atoms. The van der Waals surface area contributed by atoms with Crippen LogP contribution >= 0.6 is 0 Å². The average Bonchev–Trinajstić information content (AvgIpc) is 2.97. The fourth-order valence-corrected chi connectivity index (χ4v) is 4.04. The molecule has 0 unspecified atom stereocenters. The lowest BCUT2D eigenvalue weighted by Gasteiger charge is -2.25.